The van der Waals surface area contributed by atoms with Gasteiger partial charge in [0.25, 0.3) is 0 Å². The summed E-state index contributed by atoms with van der Waals surface area (Å²) in [6.45, 7) is 2.15. The summed E-state index contributed by atoms with van der Waals surface area (Å²) in [4.78, 5) is 4.33. The number of alkyl halides is 1. The Labute approximate surface area is 80.2 Å². The van der Waals surface area contributed by atoms with Crippen molar-refractivity contribution in [2.24, 2.45) is 0 Å². The van der Waals surface area contributed by atoms with Crippen molar-refractivity contribution in [2.45, 2.75) is 18.6 Å². The molecule has 4 heteroatoms. The molecular formula is C7H10ClNS2. The van der Waals surface area contributed by atoms with Crippen molar-refractivity contribution < 1.29 is 0 Å². The van der Waals surface area contributed by atoms with Gasteiger partial charge in [-0.1, -0.05) is 6.92 Å². The SMILES string of the molecule is CCSCc1nc(CCl)cs1. The van der Waals surface area contributed by atoms with Crippen LogP contribution in [0.1, 0.15) is 17.6 Å². The predicted molar refractivity (Wildman–Crippen MR) is 53.5 cm³/mol. The highest BCUT2D eigenvalue weighted by Crippen LogP contribution is 2.17. The van der Waals surface area contributed by atoms with Crippen LogP contribution in [0.5, 0.6) is 0 Å². The largest absolute Gasteiger partial charge is 0.244 e. The second-order valence-corrected chi connectivity index (χ2v) is 4.49. The van der Waals surface area contributed by atoms with Gasteiger partial charge in [0.2, 0.25) is 0 Å². The minimum absolute atomic E-state index is 0.535. The highest BCUT2D eigenvalue weighted by molar-refractivity contribution is 7.98. The van der Waals surface area contributed by atoms with Gasteiger partial charge in [0, 0.05) is 11.1 Å². The Morgan fingerprint density at radius 3 is 3.09 bits per heavy atom. The molecule has 0 spiro atoms. The van der Waals surface area contributed by atoms with Gasteiger partial charge in [-0.2, -0.15) is 11.8 Å². The number of rotatable bonds is 4. The number of aromatic nitrogens is 1. The average Bonchev–Trinajstić information content (AvgIpc) is 2.48. The predicted octanol–water partition coefficient (Wildman–Crippen LogP) is 3.14. The third-order valence-electron chi connectivity index (χ3n) is 1.17. The molecule has 1 nitrogen and oxygen atoms in total. The van der Waals surface area contributed by atoms with E-state index in [1.807, 2.05) is 17.1 Å². The maximum absolute atomic E-state index is 5.61. The molecule has 0 saturated heterocycles. The fraction of sp³-hybridized carbons (Fsp3) is 0.571. The van der Waals surface area contributed by atoms with Crippen LogP contribution >= 0.6 is 34.7 Å². The zero-order valence-corrected chi connectivity index (χ0v) is 8.73. The third-order valence-corrected chi connectivity index (χ3v) is 3.41. The molecule has 0 unspecified atom stereocenters. The number of hydrogen-bond acceptors (Lipinski definition) is 3. The first-order valence-corrected chi connectivity index (χ1v) is 6.00. The van der Waals surface area contributed by atoms with E-state index in [-0.39, 0.29) is 0 Å². The standard InChI is InChI=1S/C7H10ClNS2/c1-2-10-5-7-9-6(3-8)4-11-7/h4H,2-3,5H2,1H3. The quantitative estimate of drug-likeness (QED) is 0.704. The van der Waals surface area contributed by atoms with E-state index in [4.69, 9.17) is 11.6 Å². The van der Waals surface area contributed by atoms with Crippen molar-refractivity contribution >= 4 is 34.7 Å². The Morgan fingerprint density at radius 2 is 2.55 bits per heavy atom. The molecular weight excluding hydrogens is 198 g/mol. The van der Waals surface area contributed by atoms with Crippen molar-refractivity contribution in [3.8, 4) is 0 Å². The van der Waals surface area contributed by atoms with Gasteiger partial charge in [-0.05, 0) is 5.75 Å². The van der Waals surface area contributed by atoms with E-state index < -0.39 is 0 Å². The minimum Gasteiger partial charge on any atom is -0.244 e. The molecule has 1 rings (SSSR count). The molecule has 0 aliphatic heterocycles. The fourth-order valence-electron chi connectivity index (χ4n) is 0.666. The number of thioether (sulfide) groups is 1. The van der Waals surface area contributed by atoms with E-state index in [9.17, 15) is 0 Å². The molecule has 0 aliphatic rings. The molecule has 1 heterocycles. The van der Waals surface area contributed by atoms with Crippen LogP contribution in [-0.2, 0) is 11.6 Å². The van der Waals surface area contributed by atoms with E-state index in [0.717, 1.165) is 17.2 Å². The number of hydrogen-bond donors (Lipinski definition) is 0. The van der Waals surface area contributed by atoms with Gasteiger partial charge >= 0.3 is 0 Å². The highest BCUT2D eigenvalue weighted by atomic mass is 35.5. The zero-order valence-electron chi connectivity index (χ0n) is 6.34. The first-order valence-electron chi connectivity index (χ1n) is 3.43. The first-order chi connectivity index (χ1) is 5.36. The van der Waals surface area contributed by atoms with Crippen molar-refractivity contribution in [2.75, 3.05) is 5.75 Å². The van der Waals surface area contributed by atoms with Crippen LogP contribution < -0.4 is 0 Å². The molecule has 62 valence electrons. The lowest BCUT2D eigenvalue weighted by Gasteiger charge is -1.90. The van der Waals surface area contributed by atoms with Gasteiger partial charge in [-0.3, -0.25) is 0 Å². The number of nitrogens with zero attached hydrogens (tertiary/aromatic N) is 1. The second-order valence-electron chi connectivity index (χ2n) is 2.00. The third kappa shape index (κ3) is 3.01. The molecule has 0 atom stereocenters. The maximum atomic E-state index is 5.61. The van der Waals surface area contributed by atoms with Crippen molar-refractivity contribution in [3.63, 3.8) is 0 Å². The summed E-state index contributed by atoms with van der Waals surface area (Å²) in [7, 11) is 0. The van der Waals surface area contributed by atoms with Crippen LogP contribution in [0.2, 0.25) is 0 Å². The topological polar surface area (TPSA) is 12.9 Å². The van der Waals surface area contributed by atoms with E-state index >= 15 is 0 Å². The van der Waals surface area contributed by atoms with Gasteiger partial charge in [0.15, 0.2) is 0 Å². The highest BCUT2D eigenvalue weighted by Gasteiger charge is 1.99. The molecule has 0 amide bonds. The number of thiazole rings is 1. The molecule has 0 N–H and O–H groups in total. The van der Waals surface area contributed by atoms with Gasteiger partial charge in [0.05, 0.1) is 11.6 Å². The van der Waals surface area contributed by atoms with Crippen LogP contribution in [0, 0.1) is 0 Å². The summed E-state index contributed by atoms with van der Waals surface area (Å²) >= 11 is 9.20. The Bertz CT molecular complexity index is 212. The van der Waals surface area contributed by atoms with E-state index in [0.29, 0.717) is 5.88 Å². The molecule has 0 saturated carbocycles. The van der Waals surface area contributed by atoms with Crippen LogP contribution in [0.15, 0.2) is 5.38 Å². The molecule has 0 aromatic carbocycles. The van der Waals surface area contributed by atoms with Crippen molar-refractivity contribution in [1.82, 2.24) is 4.98 Å². The normalized spacial score (nSPS) is 10.4. The van der Waals surface area contributed by atoms with Crippen molar-refractivity contribution in [3.05, 3.63) is 16.1 Å². The van der Waals surface area contributed by atoms with Gasteiger partial charge in [0.1, 0.15) is 5.01 Å². The smallest absolute Gasteiger partial charge is 0.103 e. The Morgan fingerprint density at radius 1 is 1.73 bits per heavy atom. The summed E-state index contributed by atoms with van der Waals surface area (Å²) in [5.74, 6) is 2.71. The average molecular weight is 208 g/mol. The van der Waals surface area contributed by atoms with Gasteiger partial charge < -0.3 is 0 Å². The summed E-state index contributed by atoms with van der Waals surface area (Å²) < 4.78 is 0. The van der Waals surface area contributed by atoms with Gasteiger partial charge in [-0.15, -0.1) is 22.9 Å². The molecule has 11 heavy (non-hydrogen) atoms. The Balaban J connectivity index is 2.44. The molecule has 0 aliphatic carbocycles. The Kier molecular flexibility index (Phi) is 4.26. The van der Waals surface area contributed by atoms with E-state index in [1.54, 1.807) is 11.3 Å². The summed E-state index contributed by atoms with van der Waals surface area (Å²) in [6, 6.07) is 0. The lowest BCUT2D eigenvalue weighted by atomic mass is 10.6. The maximum Gasteiger partial charge on any atom is 0.103 e. The van der Waals surface area contributed by atoms with Crippen LogP contribution in [-0.4, -0.2) is 10.7 Å². The van der Waals surface area contributed by atoms with Crippen LogP contribution in [0.25, 0.3) is 0 Å². The first kappa shape index (κ1) is 9.36. The summed E-state index contributed by atoms with van der Waals surface area (Å²) in [5.41, 5.74) is 1.00. The fourth-order valence-corrected chi connectivity index (χ4v) is 2.44. The van der Waals surface area contributed by atoms with Gasteiger partial charge in [-0.25, -0.2) is 4.98 Å². The Hall–Kier alpha value is 0.270. The lowest BCUT2D eigenvalue weighted by molar-refractivity contribution is 1.16. The summed E-state index contributed by atoms with van der Waals surface area (Å²) in [6.07, 6.45) is 0. The zero-order chi connectivity index (χ0) is 8.10. The summed E-state index contributed by atoms with van der Waals surface area (Å²) in [5, 5.41) is 3.21. The molecule has 0 radical (unpaired) electrons. The molecule has 1 aromatic heterocycles. The minimum atomic E-state index is 0.535. The number of halogens is 1. The molecule has 0 fully saturated rings. The monoisotopic (exact) mass is 207 g/mol. The molecule has 1 aromatic rings. The van der Waals surface area contributed by atoms with Crippen molar-refractivity contribution in [1.29, 1.82) is 0 Å². The molecule has 0 bridgehead atoms. The van der Waals surface area contributed by atoms with E-state index in [1.165, 1.54) is 5.01 Å². The van der Waals surface area contributed by atoms with E-state index in [2.05, 4.69) is 11.9 Å². The second kappa shape index (κ2) is 5.01. The van der Waals surface area contributed by atoms with Crippen LogP contribution in [0.4, 0.5) is 0 Å². The lowest BCUT2D eigenvalue weighted by Crippen LogP contribution is -1.81. The van der Waals surface area contributed by atoms with Crippen LogP contribution in [0.3, 0.4) is 0 Å².